The molecule has 0 spiro atoms. The van der Waals surface area contributed by atoms with Gasteiger partial charge in [-0.2, -0.15) is 0 Å². The minimum atomic E-state index is 0.00661. The molecule has 1 aromatic rings. The number of hydrogen-bond donors (Lipinski definition) is 1. The third kappa shape index (κ3) is 3.49. The number of aromatic nitrogens is 3. The molecule has 2 N–H and O–H groups in total. The second-order valence-electron chi connectivity index (χ2n) is 4.38. The van der Waals surface area contributed by atoms with Crippen LogP contribution < -0.4 is 5.73 Å². The summed E-state index contributed by atoms with van der Waals surface area (Å²) in [5.41, 5.74) is 6.79. The van der Waals surface area contributed by atoms with E-state index >= 15 is 0 Å². The lowest BCUT2D eigenvalue weighted by Crippen LogP contribution is -2.38. The molecule has 0 amide bonds. The summed E-state index contributed by atoms with van der Waals surface area (Å²) in [6.45, 7) is 7.60. The molecule has 1 aliphatic heterocycles. The van der Waals surface area contributed by atoms with E-state index in [4.69, 9.17) is 10.5 Å². The van der Waals surface area contributed by atoms with Gasteiger partial charge >= 0.3 is 0 Å². The van der Waals surface area contributed by atoms with Crippen molar-refractivity contribution in [3.8, 4) is 0 Å². The Hall–Kier alpha value is -0.980. The summed E-state index contributed by atoms with van der Waals surface area (Å²) in [6.07, 6.45) is 2.84. The maximum atomic E-state index is 5.90. The van der Waals surface area contributed by atoms with Gasteiger partial charge in [0.15, 0.2) is 0 Å². The molecular weight excluding hydrogens is 218 g/mol. The molecule has 6 heteroatoms. The Morgan fingerprint density at radius 3 is 2.88 bits per heavy atom. The van der Waals surface area contributed by atoms with E-state index < -0.39 is 0 Å². The first-order valence-electron chi connectivity index (χ1n) is 6.25. The van der Waals surface area contributed by atoms with Crippen LogP contribution in [0, 0.1) is 0 Å². The summed E-state index contributed by atoms with van der Waals surface area (Å²) < 4.78 is 7.18. The average Bonchev–Trinajstić information content (AvgIpc) is 2.85. The third-order valence-electron chi connectivity index (χ3n) is 3.13. The summed E-state index contributed by atoms with van der Waals surface area (Å²) in [6, 6.07) is 0.00661. The van der Waals surface area contributed by atoms with E-state index in [0.29, 0.717) is 0 Å². The van der Waals surface area contributed by atoms with E-state index in [1.165, 1.54) is 0 Å². The van der Waals surface area contributed by atoms with Gasteiger partial charge in [0.2, 0.25) is 0 Å². The molecule has 1 unspecified atom stereocenters. The summed E-state index contributed by atoms with van der Waals surface area (Å²) in [4.78, 5) is 2.38. The predicted octanol–water partition coefficient (Wildman–Crippen LogP) is 0.0201. The lowest BCUT2D eigenvalue weighted by atomic mass is 10.2. The molecular formula is C11H21N5O. The van der Waals surface area contributed by atoms with Gasteiger partial charge in [0, 0.05) is 19.6 Å². The topological polar surface area (TPSA) is 69.2 Å². The fourth-order valence-electron chi connectivity index (χ4n) is 1.87. The van der Waals surface area contributed by atoms with Gasteiger partial charge in [0.05, 0.1) is 37.7 Å². The SMILES string of the molecule is CCC(N)c1cn(CCN2CCOCC2)nn1. The monoisotopic (exact) mass is 239 g/mol. The highest BCUT2D eigenvalue weighted by atomic mass is 16.5. The largest absolute Gasteiger partial charge is 0.379 e. The summed E-state index contributed by atoms with van der Waals surface area (Å²) in [5.74, 6) is 0. The molecule has 1 atom stereocenters. The van der Waals surface area contributed by atoms with Gasteiger partial charge in [-0.05, 0) is 6.42 Å². The van der Waals surface area contributed by atoms with Gasteiger partial charge in [-0.3, -0.25) is 9.58 Å². The van der Waals surface area contributed by atoms with Crippen LogP contribution in [0.3, 0.4) is 0 Å². The van der Waals surface area contributed by atoms with Gasteiger partial charge in [0.25, 0.3) is 0 Å². The highest BCUT2D eigenvalue weighted by Crippen LogP contribution is 2.08. The van der Waals surface area contributed by atoms with Crippen LogP contribution in [0.25, 0.3) is 0 Å². The van der Waals surface area contributed by atoms with Gasteiger partial charge in [-0.1, -0.05) is 12.1 Å². The first-order chi connectivity index (χ1) is 8.29. The Morgan fingerprint density at radius 1 is 1.41 bits per heavy atom. The lowest BCUT2D eigenvalue weighted by Gasteiger charge is -2.26. The van der Waals surface area contributed by atoms with Crippen molar-refractivity contribution in [1.82, 2.24) is 19.9 Å². The minimum absolute atomic E-state index is 0.00661. The third-order valence-corrected chi connectivity index (χ3v) is 3.13. The standard InChI is InChI=1S/C11H21N5O/c1-2-10(12)11-9-16(14-13-11)4-3-15-5-7-17-8-6-15/h9-10H,2-8,12H2,1H3. The van der Waals surface area contributed by atoms with Crippen LogP contribution in [0.4, 0.5) is 0 Å². The smallest absolute Gasteiger partial charge is 0.0993 e. The van der Waals surface area contributed by atoms with Gasteiger partial charge in [0.1, 0.15) is 0 Å². The molecule has 6 nitrogen and oxygen atoms in total. The minimum Gasteiger partial charge on any atom is -0.379 e. The van der Waals surface area contributed by atoms with Crippen molar-refractivity contribution in [3.05, 3.63) is 11.9 Å². The second kappa shape index (κ2) is 6.09. The Balaban J connectivity index is 1.80. The number of rotatable bonds is 5. The maximum absolute atomic E-state index is 5.90. The Bertz CT molecular complexity index is 334. The van der Waals surface area contributed by atoms with Crippen molar-refractivity contribution in [2.75, 3.05) is 32.8 Å². The molecule has 2 rings (SSSR count). The van der Waals surface area contributed by atoms with Crippen LogP contribution in [0.15, 0.2) is 6.20 Å². The van der Waals surface area contributed by atoms with Gasteiger partial charge in [-0.15, -0.1) is 5.10 Å². The Labute approximate surface area is 102 Å². The highest BCUT2D eigenvalue weighted by molar-refractivity contribution is 4.98. The van der Waals surface area contributed by atoms with Crippen LogP contribution in [-0.4, -0.2) is 52.7 Å². The van der Waals surface area contributed by atoms with E-state index in [-0.39, 0.29) is 6.04 Å². The lowest BCUT2D eigenvalue weighted by molar-refractivity contribution is 0.0359. The molecule has 0 radical (unpaired) electrons. The van der Waals surface area contributed by atoms with Crippen molar-refractivity contribution < 1.29 is 4.74 Å². The molecule has 96 valence electrons. The fourth-order valence-corrected chi connectivity index (χ4v) is 1.87. The number of ether oxygens (including phenoxy) is 1. The molecule has 0 saturated carbocycles. The molecule has 2 heterocycles. The van der Waals surface area contributed by atoms with Crippen LogP contribution in [0.1, 0.15) is 25.1 Å². The van der Waals surface area contributed by atoms with Crippen LogP contribution in [0.5, 0.6) is 0 Å². The van der Waals surface area contributed by atoms with Crippen LogP contribution in [-0.2, 0) is 11.3 Å². The second-order valence-corrected chi connectivity index (χ2v) is 4.38. The number of morpholine rings is 1. The molecule has 0 aliphatic carbocycles. The zero-order valence-electron chi connectivity index (χ0n) is 10.4. The summed E-state index contributed by atoms with van der Waals surface area (Å²) in [7, 11) is 0. The van der Waals surface area contributed by atoms with E-state index in [1.54, 1.807) is 0 Å². The number of nitrogens with zero attached hydrogens (tertiary/aromatic N) is 4. The molecule has 1 saturated heterocycles. The van der Waals surface area contributed by atoms with Gasteiger partial charge in [-0.25, -0.2) is 0 Å². The van der Waals surface area contributed by atoms with Crippen molar-refractivity contribution in [1.29, 1.82) is 0 Å². The highest BCUT2D eigenvalue weighted by Gasteiger charge is 2.11. The first kappa shape index (κ1) is 12.5. The normalized spacial score (nSPS) is 19.4. The van der Waals surface area contributed by atoms with Crippen LogP contribution in [0.2, 0.25) is 0 Å². The van der Waals surface area contributed by atoms with Crippen molar-refractivity contribution in [3.63, 3.8) is 0 Å². The van der Waals surface area contributed by atoms with Crippen molar-refractivity contribution in [2.24, 2.45) is 5.73 Å². The molecule has 1 aliphatic rings. The number of hydrogen-bond acceptors (Lipinski definition) is 5. The van der Waals surface area contributed by atoms with E-state index in [9.17, 15) is 0 Å². The summed E-state index contributed by atoms with van der Waals surface area (Å²) in [5, 5.41) is 8.19. The zero-order valence-corrected chi connectivity index (χ0v) is 10.4. The summed E-state index contributed by atoms with van der Waals surface area (Å²) >= 11 is 0. The molecule has 1 fully saturated rings. The van der Waals surface area contributed by atoms with E-state index in [0.717, 1.165) is 51.5 Å². The van der Waals surface area contributed by atoms with Crippen molar-refractivity contribution >= 4 is 0 Å². The first-order valence-corrected chi connectivity index (χ1v) is 6.25. The molecule has 1 aromatic heterocycles. The zero-order chi connectivity index (χ0) is 12.1. The molecule has 0 bridgehead atoms. The van der Waals surface area contributed by atoms with Gasteiger partial charge < -0.3 is 10.5 Å². The molecule has 0 aromatic carbocycles. The quantitative estimate of drug-likeness (QED) is 0.784. The number of nitrogens with two attached hydrogens (primary N) is 1. The molecule has 17 heavy (non-hydrogen) atoms. The maximum Gasteiger partial charge on any atom is 0.0993 e. The Kier molecular flexibility index (Phi) is 4.47. The Morgan fingerprint density at radius 2 is 2.18 bits per heavy atom. The van der Waals surface area contributed by atoms with Crippen molar-refractivity contribution in [2.45, 2.75) is 25.9 Å². The van der Waals surface area contributed by atoms with Crippen LogP contribution >= 0.6 is 0 Å². The fraction of sp³-hybridized carbons (Fsp3) is 0.818. The average molecular weight is 239 g/mol. The predicted molar refractivity (Wildman–Crippen MR) is 64.5 cm³/mol. The van der Waals surface area contributed by atoms with E-state index in [2.05, 4.69) is 22.1 Å². The van der Waals surface area contributed by atoms with E-state index in [1.807, 2.05) is 10.9 Å².